The normalized spacial score (nSPS) is 10.9. The summed E-state index contributed by atoms with van der Waals surface area (Å²) in [5, 5.41) is 1.17. The molecule has 0 atom stereocenters. The van der Waals surface area contributed by atoms with E-state index in [0.29, 0.717) is 13.2 Å². The predicted molar refractivity (Wildman–Crippen MR) is 111 cm³/mol. The van der Waals surface area contributed by atoms with Gasteiger partial charge in [0, 0.05) is 30.3 Å². The van der Waals surface area contributed by atoms with E-state index in [9.17, 15) is 0 Å². The van der Waals surface area contributed by atoms with Gasteiger partial charge in [-0.1, -0.05) is 48.5 Å². The van der Waals surface area contributed by atoms with Crippen LogP contribution in [0.2, 0.25) is 0 Å². The molecule has 0 aliphatic heterocycles. The van der Waals surface area contributed by atoms with Crippen LogP contribution in [0.3, 0.4) is 0 Å². The van der Waals surface area contributed by atoms with Crippen LogP contribution in [0.4, 0.5) is 17.1 Å². The first-order valence-electron chi connectivity index (χ1n) is 9.07. The van der Waals surface area contributed by atoms with Crippen molar-refractivity contribution in [3.8, 4) is 0 Å². The van der Waals surface area contributed by atoms with Gasteiger partial charge in [-0.3, -0.25) is 0 Å². The highest BCUT2D eigenvalue weighted by molar-refractivity contribution is 6.61. The largest absolute Gasteiger partial charge is 0.394 e. The maximum atomic E-state index is 5.84. The zero-order valence-electron chi connectivity index (χ0n) is 15.3. The van der Waals surface area contributed by atoms with Gasteiger partial charge >= 0.3 is 9.28 Å². The lowest BCUT2D eigenvalue weighted by Gasteiger charge is -2.26. The lowest BCUT2D eigenvalue weighted by molar-refractivity contribution is 0.225. The quantitative estimate of drug-likeness (QED) is 0.544. The molecule has 134 valence electrons. The number of rotatable bonds is 8. The maximum absolute atomic E-state index is 5.84. The monoisotopic (exact) mass is 363 g/mol. The lowest BCUT2D eigenvalue weighted by Crippen LogP contribution is -2.37. The summed E-state index contributed by atoms with van der Waals surface area (Å²) in [6.07, 6.45) is 0. The molecule has 0 amide bonds. The summed E-state index contributed by atoms with van der Waals surface area (Å²) in [4.78, 5) is 2.25. The molecule has 3 rings (SSSR count). The van der Waals surface area contributed by atoms with Gasteiger partial charge in [0.25, 0.3) is 0 Å². The minimum atomic E-state index is -1.81. The van der Waals surface area contributed by atoms with Gasteiger partial charge in [0.1, 0.15) is 0 Å². The van der Waals surface area contributed by atoms with Crippen molar-refractivity contribution in [1.82, 2.24) is 0 Å². The molecule has 0 aliphatic rings. The smallest absolute Gasteiger partial charge is 0.355 e. The van der Waals surface area contributed by atoms with Crippen molar-refractivity contribution in [3.05, 3.63) is 84.9 Å². The van der Waals surface area contributed by atoms with E-state index in [0.717, 1.165) is 17.1 Å². The molecule has 3 aromatic carbocycles. The fourth-order valence-corrected chi connectivity index (χ4v) is 4.52. The van der Waals surface area contributed by atoms with Gasteiger partial charge in [-0.05, 0) is 55.4 Å². The molecule has 0 heterocycles. The van der Waals surface area contributed by atoms with Gasteiger partial charge < -0.3 is 13.8 Å². The van der Waals surface area contributed by atoms with Crippen molar-refractivity contribution in [2.75, 3.05) is 18.1 Å². The van der Waals surface area contributed by atoms with Crippen molar-refractivity contribution in [3.63, 3.8) is 0 Å². The highest BCUT2D eigenvalue weighted by Gasteiger charge is 2.17. The highest BCUT2D eigenvalue weighted by atomic mass is 28.3. The van der Waals surface area contributed by atoms with Crippen molar-refractivity contribution < 1.29 is 8.85 Å². The average molecular weight is 364 g/mol. The summed E-state index contributed by atoms with van der Waals surface area (Å²) < 4.78 is 11.7. The summed E-state index contributed by atoms with van der Waals surface area (Å²) in [6, 6.07) is 29.4. The third kappa shape index (κ3) is 4.41. The van der Waals surface area contributed by atoms with Gasteiger partial charge in [0.2, 0.25) is 0 Å². The molecule has 26 heavy (non-hydrogen) atoms. The van der Waals surface area contributed by atoms with Crippen molar-refractivity contribution >= 4 is 31.5 Å². The number of nitrogens with zero attached hydrogens (tertiary/aromatic N) is 1. The molecule has 0 aromatic heterocycles. The van der Waals surface area contributed by atoms with E-state index in [1.165, 1.54) is 5.19 Å². The Kier molecular flexibility index (Phi) is 6.60. The standard InChI is InChI=1S/C22H25NO2Si/c1-3-24-26(25-4-2)22-17-15-21(16-18-22)23(19-11-7-5-8-12-19)20-13-9-6-10-14-20/h5-18,26H,3-4H2,1-2H3. The summed E-state index contributed by atoms with van der Waals surface area (Å²) >= 11 is 0. The van der Waals surface area contributed by atoms with Gasteiger partial charge in [-0.25, -0.2) is 0 Å². The molecule has 0 spiro atoms. The minimum absolute atomic E-state index is 0.679. The first-order chi connectivity index (χ1) is 12.8. The topological polar surface area (TPSA) is 21.7 Å². The Bertz CT molecular complexity index is 733. The van der Waals surface area contributed by atoms with E-state index in [1.54, 1.807) is 0 Å². The molecule has 4 heteroatoms. The van der Waals surface area contributed by atoms with Crippen LogP contribution in [0.1, 0.15) is 13.8 Å². The molecule has 0 fully saturated rings. The molecule has 0 bridgehead atoms. The van der Waals surface area contributed by atoms with E-state index >= 15 is 0 Å². The zero-order valence-corrected chi connectivity index (χ0v) is 16.5. The predicted octanol–water partition coefficient (Wildman–Crippen LogP) is 4.66. The average Bonchev–Trinajstić information content (AvgIpc) is 2.70. The van der Waals surface area contributed by atoms with Crippen LogP contribution in [-0.2, 0) is 8.85 Å². The fraction of sp³-hybridized carbons (Fsp3) is 0.182. The van der Waals surface area contributed by atoms with Crippen LogP contribution in [-0.4, -0.2) is 22.5 Å². The molecule has 3 aromatic rings. The Labute approximate surface area is 157 Å². The molecular formula is C22H25NO2Si. The molecule has 0 aliphatic carbocycles. The van der Waals surface area contributed by atoms with Crippen LogP contribution < -0.4 is 10.1 Å². The summed E-state index contributed by atoms with van der Waals surface area (Å²) in [6.45, 7) is 5.39. The highest BCUT2D eigenvalue weighted by Crippen LogP contribution is 2.33. The molecule has 0 N–H and O–H groups in total. The molecule has 0 radical (unpaired) electrons. The number of para-hydroxylation sites is 2. The second kappa shape index (κ2) is 9.34. The van der Waals surface area contributed by atoms with Crippen molar-refractivity contribution in [2.24, 2.45) is 0 Å². The maximum Gasteiger partial charge on any atom is 0.355 e. The number of hydrogen-bond acceptors (Lipinski definition) is 3. The van der Waals surface area contributed by atoms with Crippen LogP contribution in [0.25, 0.3) is 0 Å². The molecule has 0 saturated carbocycles. The van der Waals surface area contributed by atoms with Crippen LogP contribution in [0.5, 0.6) is 0 Å². The van der Waals surface area contributed by atoms with E-state index in [4.69, 9.17) is 8.85 Å². The Morgan fingerprint density at radius 3 is 1.46 bits per heavy atom. The third-order valence-corrected chi connectivity index (χ3v) is 6.29. The molecule has 0 unspecified atom stereocenters. The van der Waals surface area contributed by atoms with E-state index in [-0.39, 0.29) is 0 Å². The third-order valence-electron chi connectivity index (χ3n) is 4.09. The summed E-state index contributed by atoms with van der Waals surface area (Å²) in [5.41, 5.74) is 3.39. The first-order valence-corrected chi connectivity index (χ1v) is 10.6. The van der Waals surface area contributed by atoms with E-state index in [2.05, 4.69) is 77.7 Å². The van der Waals surface area contributed by atoms with Crippen molar-refractivity contribution in [1.29, 1.82) is 0 Å². The van der Waals surface area contributed by atoms with Crippen LogP contribution >= 0.6 is 0 Å². The fourth-order valence-electron chi connectivity index (χ4n) is 2.93. The number of benzene rings is 3. The summed E-state index contributed by atoms with van der Waals surface area (Å²) in [5.74, 6) is 0. The lowest BCUT2D eigenvalue weighted by atomic mass is 10.2. The van der Waals surface area contributed by atoms with Gasteiger partial charge in [-0.15, -0.1) is 0 Å². The Morgan fingerprint density at radius 2 is 1.04 bits per heavy atom. The Balaban J connectivity index is 1.95. The second-order valence-electron chi connectivity index (χ2n) is 5.84. The zero-order chi connectivity index (χ0) is 18.2. The van der Waals surface area contributed by atoms with E-state index < -0.39 is 9.28 Å². The molecule has 0 saturated heterocycles. The van der Waals surface area contributed by atoms with Gasteiger partial charge in [0.15, 0.2) is 0 Å². The van der Waals surface area contributed by atoms with Gasteiger partial charge in [-0.2, -0.15) is 0 Å². The van der Waals surface area contributed by atoms with E-state index in [1.807, 2.05) is 26.0 Å². The first kappa shape index (κ1) is 18.4. The number of hydrogen-bond donors (Lipinski definition) is 0. The minimum Gasteiger partial charge on any atom is -0.394 e. The Morgan fingerprint density at radius 1 is 0.615 bits per heavy atom. The summed E-state index contributed by atoms with van der Waals surface area (Å²) in [7, 11) is -1.81. The second-order valence-corrected chi connectivity index (χ2v) is 7.84. The van der Waals surface area contributed by atoms with Crippen LogP contribution in [0, 0.1) is 0 Å². The molecule has 3 nitrogen and oxygen atoms in total. The van der Waals surface area contributed by atoms with Crippen molar-refractivity contribution in [2.45, 2.75) is 13.8 Å². The van der Waals surface area contributed by atoms with Gasteiger partial charge in [0.05, 0.1) is 0 Å². The number of anilines is 3. The van der Waals surface area contributed by atoms with Crippen LogP contribution in [0.15, 0.2) is 84.9 Å². The SMILES string of the molecule is CCO[SiH](OCC)c1ccc(N(c2ccccc2)c2ccccc2)cc1. The molecular weight excluding hydrogens is 338 g/mol. The Hall–Kier alpha value is -2.40.